The van der Waals surface area contributed by atoms with Gasteiger partial charge in [0.2, 0.25) is 0 Å². The number of unbranched alkanes of at least 4 members (excludes halogenated alkanes) is 1. The second kappa shape index (κ2) is 32.7. The van der Waals surface area contributed by atoms with Crippen molar-refractivity contribution >= 4 is 40.0 Å². The van der Waals surface area contributed by atoms with Crippen LogP contribution >= 0.6 is 35.0 Å². The Bertz CT molecular complexity index is 1270. The van der Waals surface area contributed by atoms with Gasteiger partial charge in [-0.05, 0) is 101 Å². The maximum Gasteiger partial charge on any atom is 0.137 e. The maximum atomic E-state index is 14.6. The van der Waals surface area contributed by atoms with Gasteiger partial charge in [0.25, 0.3) is 0 Å². The fraction of sp³-hybridized carbons (Fsp3) is 0.410. The Kier molecular flexibility index (Phi) is 35.4. The Hall–Kier alpha value is -2.86. The van der Waals surface area contributed by atoms with Crippen LogP contribution in [0, 0.1) is 18.7 Å². The number of terminal acetylenes is 1. The highest BCUT2D eigenvalue weighted by Crippen LogP contribution is 2.36. The average Bonchev–Trinajstić information content (AvgIpc) is 3.10. The zero-order valence-electron chi connectivity index (χ0n) is 30.6. The first-order chi connectivity index (χ1) is 22.9. The van der Waals surface area contributed by atoms with Crippen LogP contribution in [-0.2, 0) is 17.6 Å². The number of hydrogen-bond acceptors (Lipinski definition) is 5. The van der Waals surface area contributed by atoms with Crippen molar-refractivity contribution < 1.29 is 18.6 Å². The van der Waals surface area contributed by atoms with Gasteiger partial charge in [0, 0.05) is 34.6 Å². The summed E-state index contributed by atoms with van der Waals surface area (Å²) in [5.74, 6) is 0.569. The van der Waals surface area contributed by atoms with Crippen LogP contribution in [0.2, 0.25) is 10.0 Å². The molecule has 0 unspecified atom stereocenters. The van der Waals surface area contributed by atoms with Gasteiger partial charge in [-0.1, -0.05) is 69.1 Å². The summed E-state index contributed by atoms with van der Waals surface area (Å²) in [4.78, 5) is 4.59. The highest BCUT2D eigenvalue weighted by atomic mass is 35.5. The van der Waals surface area contributed by atoms with E-state index >= 15 is 0 Å². The van der Waals surface area contributed by atoms with Crippen molar-refractivity contribution in [2.45, 2.75) is 85.8 Å². The zero-order valence-corrected chi connectivity index (χ0v) is 32.9. The van der Waals surface area contributed by atoms with Gasteiger partial charge in [0.05, 0.1) is 17.2 Å². The number of thioether (sulfide) groups is 1. The summed E-state index contributed by atoms with van der Waals surface area (Å²) in [6, 6.07) is 9.14. The van der Waals surface area contributed by atoms with Crippen molar-refractivity contribution in [2.24, 2.45) is 10.7 Å². The van der Waals surface area contributed by atoms with Crippen molar-refractivity contribution in [3.8, 4) is 18.6 Å². The number of aliphatic hydroxyl groups excluding tert-OH is 1. The molecule has 0 spiro atoms. The molecule has 0 atom stereocenters. The second-order valence-corrected chi connectivity index (χ2v) is 11.6. The summed E-state index contributed by atoms with van der Waals surface area (Å²) < 4.78 is 31.9. The number of hydrogen-bond donors (Lipinski definition) is 2. The lowest BCUT2D eigenvalue weighted by Crippen LogP contribution is -2.18. The number of benzene rings is 2. The summed E-state index contributed by atoms with van der Waals surface area (Å²) in [7, 11) is 3.10. The molecule has 0 fully saturated rings. The molecular formula is C39H58Cl2F2N2O2S. The molecule has 0 saturated heterocycles. The smallest absolute Gasteiger partial charge is 0.137 e. The van der Waals surface area contributed by atoms with Crippen LogP contribution in [0.25, 0.3) is 0 Å². The van der Waals surface area contributed by atoms with Gasteiger partial charge < -0.3 is 15.6 Å². The van der Waals surface area contributed by atoms with Gasteiger partial charge in [-0.15, -0.1) is 37.8 Å². The predicted molar refractivity (Wildman–Crippen MR) is 213 cm³/mol. The Balaban J connectivity index is -0.000000550. The molecule has 0 aromatic heterocycles. The molecule has 270 valence electrons. The Morgan fingerprint density at radius 2 is 1.65 bits per heavy atom. The van der Waals surface area contributed by atoms with E-state index in [1.54, 1.807) is 33.1 Å². The highest BCUT2D eigenvalue weighted by Gasteiger charge is 2.24. The number of methoxy groups -OCH3 is 1. The minimum atomic E-state index is -0.300. The monoisotopic (exact) mass is 726 g/mol. The summed E-state index contributed by atoms with van der Waals surface area (Å²) >= 11 is 14.0. The zero-order chi connectivity index (χ0) is 38.3. The van der Waals surface area contributed by atoms with E-state index in [2.05, 4.69) is 50.6 Å². The molecule has 0 heterocycles. The van der Waals surface area contributed by atoms with Crippen LogP contribution < -0.4 is 10.5 Å². The van der Waals surface area contributed by atoms with Crippen LogP contribution in [0.3, 0.4) is 0 Å². The SMILES string of the molecule is C#C.C/C=C\C(F)=C/C.C=C.CC.CN.COc1cc(C(C)(C)/C(C)=C/N=C(C)SCc2c(F)cc(CCCCO)cc2Cl)ccc1Cl. The molecule has 2 aromatic rings. The summed E-state index contributed by atoms with van der Waals surface area (Å²) in [6.45, 7) is 21.8. The lowest BCUT2D eigenvalue weighted by Gasteiger charge is -2.27. The molecule has 2 rings (SSSR count). The third kappa shape index (κ3) is 21.2. The van der Waals surface area contributed by atoms with Gasteiger partial charge in [-0.3, -0.25) is 4.99 Å². The number of allylic oxidation sites excluding steroid dienone is 5. The molecular weight excluding hydrogens is 669 g/mol. The van der Waals surface area contributed by atoms with Gasteiger partial charge in [0.15, 0.2) is 0 Å². The summed E-state index contributed by atoms with van der Waals surface area (Å²) in [5.41, 5.74) is 7.71. The predicted octanol–water partition coefficient (Wildman–Crippen LogP) is 12.1. The molecule has 3 N–H and O–H groups in total. The molecule has 0 bridgehead atoms. The number of aryl methyl sites for hydroxylation is 1. The van der Waals surface area contributed by atoms with E-state index in [0.29, 0.717) is 40.0 Å². The minimum absolute atomic E-state index is 0.141. The van der Waals surface area contributed by atoms with Crippen LogP contribution in [0.15, 0.2) is 84.3 Å². The quantitative estimate of drug-likeness (QED) is 0.0604. The van der Waals surface area contributed by atoms with E-state index in [9.17, 15) is 8.78 Å². The van der Waals surface area contributed by atoms with E-state index in [0.717, 1.165) is 28.2 Å². The van der Waals surface area contributed by atoms with Crippen LogP contribution in [-0.4, -0.2) is 30.9 Å². The first-order valence-electron chi connectivity index (χ1n) is 15.5. The maximum absolute atomic E-state index is 14.6. The van der Waals surface area contributed by atoms with Crippen molar-refractivity contribution in [1.82, 2.24) is 0 Å². The molecule has 48 heavy (non-hydrogen) atoms. The molecule has 0 amide bonds. The Morgan fingerprint density at radius 1 is 1.06 bits per heavy atom. The largest absolute Gasteiger partial charge is 0.495 e. The van der Waals surface area contributed by atoms with Crippen molar-refractivity contribution in [1.29, 1.82) is 0 Å². The molecule has 0 aliphatic rings. The molecule has 9 heteroatoms. The van der Waals surface area contributed by atoms with E-state index in [4.69, 9.17) is 33.0 Å². The van der Waals surface area contributed by atoms with Crippen LogP contribution in [0.4, 0.5) is 8.78 Å². The molecule has 0 saturated carbocycles. The lowest BCUT2D eigenvalue weighted by atomic mass is 9.78. The lowest BCUT2D eigenvalue weighted by molar-refractivity contribution is 0.284. The number of nitrogens with two attached hydrogens (primary N) is 1. The van der Waals surface area contributed by atoms with Gasteiger partial charge in [-0.25, -0.2) is 8.78 Å². The Labute approximate surface area is 305 Å². The molecule has 0 radical (unpaired) electrons. The third-order valence-corrected chi connectivity index (χ3v) is 8.01. The fourth-order valence-electron chi connectivity index (χ4n) is 3.47. The van der Waals surface area contributed by atoms with Gasteiger partial charge >= 0.3 is 0 Å². The third-order valence-electron chi connectivity index (χ3n) is 6.40. The number of rotatable bonds is 11. The van der Waals surface area contributed by atoms with Gasteiger partial charge in [-0.2, -0.15) is 0 Å². The van der Waals surface area contributed by atoms with E-state index in [1.165, 1.54) is 31.0 Å². The summed E-state index contributed by atoms with van der Waals surface area (Å²) in [5, 5.41) is 10.7. The van der Waals surface area contributed by atoms with Gasteiger partial charge in [0.1, 0.15) is 17.4 Å². The number of halogens is 4. The highest BCUT2D eigenvalue weighted by molar-refractivity contribution is 8.13. The second-order valence-electron chi connectivity index (χ2n) is 9.62. The molecule has 0 aliphatic carbocycles. The first-order valence-corrected chi connectivity index (χ1v) is 17.3. The number of aliphatic hydroxyl groups is 1. The number of aliphatic imine (C=N–C) groups is 1. The Morgan fingerprint density at radius 3 is 2.10 bits per heavy atom. The van der Waals surface area contributed by atoms with Crippen molar-refractivity contribution in [3.05, 3.63) is 112 Å². The molecule has 4 nitrogen and oxygen atoms in total. The number of nitrogens with zero attached hydrogens (tertiary/aromatic N) is 1. The van der Waals surface area contributed by atoms with Crippen LogP contribution in [0.5, 0.6) is 5.75 Å². The van der Waals surface area contributed by atoms with E-state index in [1.807, 2.05) is 58.2 Å². The van der Waals surface area contributed by atoms with Crippen molar-refractivity contribution in [2.75, 3.05) is 20.8 Å². The van der Waals surface area contributed by atoms with Crippen LogP contribution in [0.1, 0.15) is 84.9 Å². The number of ether oxygens (including phenoxy) is 1. The fourth-order valence-corrected chi connectivity index (χ4v) is 4.82. The summed E-state index contributed by atoms with van der Waals surface area (Å²) in [6.07, 6.45) is 16.5. The van der Waals surface area contributed by atoms with Crippen molar-refractivity contribution in [3.63, 3.8) is 0 Å². The normalized spacial score (nSPS) is 11.2. The first kappa shape index (κ1) is 52.0. The molecule has 0 aliphatic heterocycles. The average molecular weight is 728 g/mol. The standard InChI is InChI=1S/C26H32Cl2FNO2S.C6H9F.C2H6.C2H4.C2H2.CH5N/c1-17(26(3,4)20-9-10-22(27)25(14-20)32-5)15-30-18(2)33-16-21-23(28)12-19(13-24(21)29)8-6-7-11-31;1-3-5-6(7)4-2;4*1-2/h9-10,12-15,31H,6-8,11,16H2,1-5H3;3-5H,1-2H3;1-2H3;1-2H2;1-2H;2H2,1H3/b17-15+,30-18?;5-3-,6-4+;;;;. The van der Waals surface area contributed by atoms with E-state index in [-0.39, 0.29) is 23.7 Å². The molecule has 2 aromatic carbocycles. The topological polar surface area (TPSA) is 67.8 Å². The minimum Gasteiger partial charge on any atom is -0.495 e. The van der Waals surface area contributed by atoms with E-state index < -0.39 is 0 Å².